The zero-order valence-electron chi connectivity index (χ0n) is 9.70. The molecule has 1 aliphatic rings. The van der Waals surface area contributed by atoms with E-state index >= 15 is 0 Å². The Bertz CT molecular complexity index is 643. The van der Waals surface area contributed by atoms with Gasteiger partial charge in [-0.25, -0.2) is 13.6 Å². The number of nitrogens with two attached hydrogens (primary N) is 1. The Hall–Kier alpha value is -2.41. The number of carbonyl (C=O) groups is 1. The van der Waals surface area contributed by atoms with Crippen LogP contribution in [0.15, 0.2) is 11.3 Å². The molecule has 1 saturated heterocycles. The zero-order chi connectivity index (χ0) is 14.6. The molecule has 1 rings (SSSR count). The normalized spacial score (nSPS) is 18.3. The second kappa shape index (κ2) is 5.49. The molecule has 1 heterocycles. The molecular formula is C10H9N5O3S. The zero-order valence-corrected chi connectivity index (χ0v) is 10.5. The lowest BCUT2D eigenvalue weighted by Crippen LogP contribution is -2.32. The molecule has 0 aliphatic carbocycles. The van der Waals surface area contributed by atoms with Crippen molar-refractivity contribution in [2.24, 2.45) is 5.14 Å². The molecule has 0 radical (unpaired) electrons. The SMILES string of the molecule is N#CCC(=C(C#N)C#N)N1CC(S(N)(=O)=O)CC1=O. The number of hydrogen-bond donors (Lipinski definition) is 1. The van der Waals surface area contributed by atoms with Crippen LogP contribution < -0.4 is 5.14 Å². The van der Waals surface area contributed by atoms with Gasteiger partial charge in [-0.05, 0) is 0 Å². The van der Waals surface area contributed by atoms with Gasteiger partial charge in [0.1, 0.15) is 23.0 Å². The molecule has 1 unspecified atom stereocenters. The van der Waals surface area contributed by atoms with Crippen LogP contribution in [0, 0.1) is 34.0 Å². The van der Waals surface area contributed by atoms with Gasteiger partial charge in [-0.1, -0.05) is 0 Å². The number of allylic oxidation sites excluding steroid dienone is 2. The van der Waals surface area contributed by atoms with Crippen LogP contribution in [0.25, 0.3) is 0 Å². The molecule has 1 atom stereocenters. The molecule has 0 saturated carbocycles. The molecule has 0 spiro atoms. The Morgan fingerprint density at radius 1 is 1.37 bits per heavy atom. The topological polar surface area (TPSA) is 152 Å². The number of nitrogens with zero attached hydrogens (tertiary/aromatic N) is 4. The lowest BCUT2D eigenvalue weighted by atomic mass is 10.2. The quantitative estimate of drug-likeness (QED) is 0.660. The molecule has 0 aromatic rings. The summed E-state index contributed by atoms with van der Waals surface area (Å²) in [6.45, 7) is -0.248. The molecular weight excluding hydrogens is 270 g/mol. The summed E-state index contributed by atoms with van der Waals surface area (Å²) in [5.74, 6) is -0.577. The van der Waals surface area contributed by atoms with Crippen LogP contribution in [0.2, 0.25) is 0 Å². The standard InChI is InChI=1S/C10H9N5O3S/c11-2-1-9(7(4-12)5-13)15-6-8(3-10(15)16)19(14,17)18/h8H,1,3,6H2,(H2,14,17,18). The van der Waals surface area contributed by atoms with Gasteiger partial charge in [0, 0.05) is 13.0 Å². The summed E-state index contributed by atoms with van der Waals surface area (Å²) in [6, 6.07) is 4.89. The van der Waals surface area contributed by atoms with Gasteiger partial charge in [-0.15, -0.1) is 0 Å². The second-order valence-corrected chi connectivity index (χ2v) is 5.64. The summed E-state index contributed by atoms with van der Waals surface area (Å²) in [5.41, 5.74) is -0.464. The van der Waals surface area contributed by atoms with E-state index in [1.807, 2.05) is 0 Å². The van der Waals surface area contributed by atoms with Gasteiger partial charge in [0.05, 0.1) is 18.2 Å². The van der Waals surface area contributed by atoms with Gasteiger partial charge in [-0.2, -0.15) is 15.8 Å². The Kier molecular flexibility index (Phi) is 4.23. The number of nitriles is 3. The van der Waals surface area contributed by atoms with Crippen LogP contribution in [-0.2, 0) is 14.8 Å². The third-order valence-electron chi connectivity index (χ3n) is 2.64. The van der Waals surface area contributed by atoms with E-state index in [1.54, 1.807) is 18.2 Å². The monoisotopic (exact) mass is 279 g/mol. The molecule has 8 nitrogen and oxygen atoms in total. The van der Waals surface area contributed by atoms with E-state index in [0.717, 1.165) is 4.90 Å². The minimum absolute atomic E-state index is 0.0800. The number of primary sulfonamides is 1. The largest absolute Gasteiger partial charge is 0.312 e. The van der Waals surface area contributed by atoms with Gasteiger partial charge < -0.3 is 4.90 Å². The van der Waals surface area contributed by atoms with Crippen LogP contribution in [0.5, 0.6) is 0 Å². The van der Waals surface area contributed by atoms with Gasteiger partial charge in [0.25, 0.3) is 0 Å². The van der Waals surface area contributed by atoms with Crippen molar-refractivity contribution in [3.63, 3.8) is 0 Å². The van der Waals surface area contributed by atoms with Crippen molar-refractivity contribution in [2.45, 2.75) is 18.1 Å². The fourth-order valence-corrected chi connectivity index (χ4v) is 2.44. The van der Waals surface area contributed by atoms with Crippen molar-refractivity contribution in [1.29, 1.82) is 15.8 Å². The minimum atomic E-state index is -3.89. The van der Waals surface area contributed by atoms with E-state index in [2.05, 4.69) is 0 Å². The molecule has 9 heteroatoms. The first-order valence-corrected chi connectivity index (χ1v) is 6.68. The van der Waals surface area contributed by atoms with E-state index in [0.29, 0.717) is 0 Å². The van der Waals surface area contributed by atoms with Crippen LogP contribution in [0.4, 0.5) is 0 Å². The molecule has 2 N–H and O–H groups in total. The van der Waals surface area contributed by atoms with Crippen molar-refractivity contribution in [3.05, 3.63) is 11.3 Å². The van der Waals surface area contributed by atoms with E-state index in [9.17, 15) is 13.2 Å². The number of carbonyl (C=O) groups excluding carboxylic acids is 1. The third-order valence-corrected chi connectivity index (χ3v) is 3.88. The maximum absolute atomic E-state index is 11.7. The summed E-state index contributed by atoms with van der Waals surface area (Å²) in [5, 5.41) is 30.1. The molecule has 1 fully saturated rings. The highest BCUT2D eigenvalue weighted by Gasteiger charge is 2.38. The summed E-state index contributed by atoms with van der Waals surface area (Å²) in [6.07, 6.45) is -0.655. The summed E-state index contributed by atoms with van der Waals surface area (Å²) in [7, 11) is -3.89. The van der Waals surface area contributed by atoms with Crippen LogP contribution in [0.3, 0.4) is 0 Å². The number of sulfonamides is 1. The van der Waals surface area contributed by atoms with Crippen molar-refractivity contribution >= 4 is 15.9 Å². The van der Waals surface area contributed by atoms with Crippen LogP contribution in [0.1, 0.15) is 12.8 Å². The number of likely N-dealkylation sites (tertiary alicyclic amines) is 1. The lowest BCUT2D eigenvalue weighted by molar-refractivity contribution is -0.126. The summed E-state index contributed by atoms with van der Waals surface area (Å²) in [4.78, 5) is 12.7. The first kappa shape index (κ1) is 14.7. The van der Waals surface area contributed by atoms with Gasteiger partial charge >= 0.3 is 0 Å². The Labute approximate surface area is 110 Å². The van der Waals surface area contributed by atoms with Crippen LogP contribution >= 0.6 is 0 Å². The van der Waals surface area contributed by atoms with E-state index in [-0.39, 0.29) is 30.7 Å². The Morgan fingerprint density at radius 2 is 1.95 bits per heavy atom. The molecule has 0 aromatic heterocycles. The molecule has 0 bridgehead atoms. The average molecular weight is 279 g/mol. The minimum Gasteiger partial charge on any atom is -0.312 e. The molecule has 1 amide bonds. The van der Waals surface area contributed by atoms with Gasteiger partial charge in [0.2, 0.25) is 15.9 Å². The van der Waals surface area contributed by atoms with E-state index < -0.39 is 21.2 Å². The highest BCUT2D eigenvalue weighted by Crippen LogP contribution is 2.24. The number of amides is 1. The molecule has 0 aromatic carbocycles. The van der Waals surface area contributed by atoms with E-state index in [1.165, 1.54) is 0 Å². The predicted molar refractivity (Wildman–Crippen MR) is 61.7 cm³/mol. The van der Waals surface area contributed by atoms with Gasteiger partial charge in [0.15, 0.2) is 0 Å². The maximum atomic E-state index is 11.7. The average Bonchev–Trinajstić information content (AvgIpc) is 2.71. The van der Waals surface area contributed by atoms with E-state index in [4.69, 9.17) is 20.9 Å². The third kappa shape index (κ3) is 3.08. The highest BCUT2D eigenvalue weighted by atomic mass is 32.2. The smallest absolute Gasteiger partial charge is 0.228 e. The van der Waals surface area contributed by atoms with Crippen molar-refractivity contribution in [3.8, 4) is 18.2 Å². The molecule has 1 aliphatic heterocycles. The van der Waals surface area contributed by atoms with Crippen molar-refractivity contribution in [1.82, 2.24) is 4.90 Å². The second-order valence-electron chi connectivity index (χ2n) is 3.80. The fraction of sp³-hybridized carbons (Fsp3) is 0.400. The van der Waals surface area contributed by atoms with Crippen molar-refractivity contribution < 1.29 is 13.2 Å². The van der Waals surface area contributed by atoms with Crippen molar-refractivity contribution in [2.75, 3.05) is 6.54 Å². The first-order chi connectivity index (χ1) is 8.85. The fourth-order valence-electron chi connectivity index (χ4n) is 1.70. The van der Waals surface area contributed by atoms with Crippen LogP contribution in [-0.4, -0.2) is 31.0 Å². The van der Waals surface area contributed by atoms with Gasteiger partial charge in [-0.3, -0.25) is 4.79 Å². The Morgan fingerprint density at radius 3 is 2.32 bits per heavy atom. The maximum Gasteiger partial charge on any atom is 0.228 e. The summed E-state index contributed by atoms with van der Waals surface area (Å²) < 4.78 is 22.4. The number of rotatable bonds is 3. The lowest BCUT2D eigenvalue weighted by Gasteiger charge is -2.18. The molecule has 98 valence electrons. The predicted octanol–water partition coefficient (Wildman–Crippen LogP) is -0.909. The number of hydrogen-bond acceptors (Lipinski definition) is 6. The highest BCUT2D eigenvalue weighted by molar-refractivity contribution is 7.89. The first-order valence-electron chi connectivity index (χ1n) is 5.07. The Balaban J connectivity index is 3.20. The summed E-state index contributed by atoms with van der Waals surface area (Å²) >= 11 is 0. The molecule has 19 heavy (non-hydrogen) atoms.